The van der Waals surface area contributed by atoms with E-state index in [9.17, 15) is 4.79 Å². The van der Waals surface area contributed by atoms with E-state index >= 15 is 0 Å². The second-order valence-corrected chi connectivity index (χ2v) is 5.12. The van der Waals surface area contributed by atoms with Crippen molar-refractivity contribution in [3.63, 3.8) is 0 Å². The van der Waals surface area contributed by atoms with Crippen molar-refractivity contribution in [1.82, 2.24) is 9.78 Å². The van der Waals surface area contributed by atoms with Gasteiger partial charge in [-0.25, -0.2) is 9.48 Å². The van der Waals surface area contributed by atoms with Crippen LogP contribution in [-0.4, -0.2) is 15.7 Å². The summed E-state index contributed by atoms with van der Waals surface area (Å²) >= 11 is 0. The molecule has 0 aliphatic carbocycles. The molecule has 1 heterocycles. The highest BCUT2D eigenvalue weighted by Gasteiger charge is 2.02. The highest BCUT2D eigenvalue weighted by Crippen LogP contribution is 2.13. The zero-order valence-electron chi connectivity index (χ0n) is 12.7. The van der Waals surface area contributed by atoms with Crippen molar-refractivity contribution in [2.24, 2.45) is 0 Å². The predicted molar refractivity (Wildman–Crippen MR) is 89.4 cm³/mol. The van der Waals surface area contributed by atoms with E-state index in [1.807, 2.05) is 61.7 Å². The third kappa shape index (κ3) is 3.95. The van der Waals surface area contributed by atoms with Crippen LogP contribution < -0.4 is 4.74 Å². The van der Waals surface area contributed by atoms with Gasteiger partial charge < -0.3 is 4.74 Å². The van der Waals surface area contributed by atoms with E-state index in [2.05, 4.69) is 5.10 Å². The Morgan fingerprint density at radius 3 is 2.74 bits per heavy atom. The molecule has 0 radical (unpaired) electrons. The Hall–Kier alpha value is -3.14. The first kappa shape index (κ1) is 14.8. The molecule has 0 fully saturated rings. The van der Waals surface area contributed by atoms with Crippen molar-refractivity contribution < 1.29 is 9.53 Å². The smallest absolute Gasteiger partial charge is 0.336 e. The van der Waals surface area contributed by atoms with Gasteiger partial charge in [-0.15, -0.1) is 0 Å². The molecule has 0 atom stereocenters. The molecule has 0 aliphatic rings. The van der Waals surface area contributed by atoms with E-state index in [1.165, 1.54) is 6.08 Å². The van der Waals surface area contributed by atoms with Crippen LogP contribution in [0, 0.1) is 6.92 Å². The summed E-state index contributed by atoms with van der Waals surface area (Å²) in [5.41, 5.74) is 2.84. The maximum atomic E-state index is 11.8. The van der Waals surface area contributed by atoms with Crippen LogP contribution in [0.25, 0.3) is 11.8 Å². The largest absolute Gasteiger partial charge is 0.423 e. The number of carbonyl (C=O) groups excluding carboxylic acids is 1. The number of hydrogen-bond donors (Lipinski definition) is 0. The Bertz CT molecular complexity index is 835. The van der Waals surface area contributed by atoms with Crippen molar-refractivity contribution in [2.75, 3.05) is 0 Å². The van der Waals surface area contributed by atoms with E-state index in [1.54, 1.807) is 23.0 Å². The van der Waals surface area contributed by atoms with Crippen LogP contribution in [0.5, 0.6) is 5.75 Å². The lowest BCUT2D eigenvalue weighted by Gasteiger charge is -2.01. The molecule has 0 saturated heterocycles. The monoisotopic (exact) mass is 304 g/mol. The van der Waals surface area contributed by atoms with Gasteiger partial charge in [-0.1, -0.05) is 30.3 Å². The molecule has 114 valence electrons. The molecule has 0 N–H and O–H groups in total. The van der Waals surface area contributed by atoms with Crippen LogP contribution in [-0.2, 0) is 4.79 Å². The standard InChI is InChI=1S/C19H16N2O2/c1-15-6-5-9-18(12-15)23-19(22)11-10-16-13-20-21(14-16)17-7-3-2-4-8-17/h2-14H,1H3/b11-10+. The summed E-state index contributed by atoms with van der Waals surface area (Å²) in [5.74, 6) is 0.127. The molecule has 0 spiro atoms. The normalized spacial score (nSPS) is 10.8. The molecule has 0 bridgehead atoms. The third-order valence-corrected chi connectivity index (χ3v) is 3.24. The minimum Gasteiger partial charge on any atom is -0.423 e. The lowest BCUT2D eigenvalue weighted by molar-refractivity contribution is -0.128. The Balaban J connectivity index is 1.66. The molecule has 0 unspecified atom stereocenters. The van der Waals surface area contributed by atoms with Crippen LogP contribution in [0.2, 0.25) is 0 Å². The van der Waals surface area contributed by atoms with Crippen molar-refractivity contribution in [3.8, 4) is 11.4 Å². The van der Waals surface area contributed by atoms with Gasteiger partial charge >= 0.3 is 5.97 Å². The van der Waals surface area contributed by atoms with Gasteiger partial charge in [0.25, 0.3) is 0 Å². The second-order valence-electron chi connectivity index (χ2n) is 5.12. The van der Waals surface area contributed by atoms with E-state index < -0.39 is 5.97 Å². The van der Waals surface area contributed by atoms with Crippen molar-refractivity contribution in [3.05, 3.63) is 84.2 Å². The van der Waals surface area contributed by atoms with Gasteiger partial charge in [0.05, 0.1) is 11.9 Å². The third-order valence-electron chi connectivity index (χ3n) is 3.24. The summed E-state index contributed by atoms with van der Waals surface area (Å²) in [4.78, 5) is 11.8. The first-order valence-electron chi connectivity index (χ1n) is 7.27. The van der Waals surface area contributed by atoms with E-state index in [0.29, 0.717) is 5.75 Å². The van der Waals surface area contributed by atoms with Crippen LogP contribution in [0.15, 0.2) is 73.1 Å². The lowest BCUT2D eigenvalue weighted by atomic mass is 10.2. The number of nitrogens with zero attached hydrogens (tertiary/aromatic N) is 2. The van der Waals surface area contributed by atoms with E-state index in [-0.39, 0.29) is 0 Å². The Labute approximate surface area is 134 Å². The Morgan fingerprint density at radius 1 is 1.13 bits per heavy atom. The highest BCUT2D eigenvalue weighted by atomic mass is 16.5. The molecular formula is C19H16N2O2. The number of para-hydroxylation sites is 1. The summed E-state index contributed by atoms with van der Waals surface area (Å²) in [5, 5.41) is 4.27. The second kappa shape index (κ2) is 6.75. The highest BCUT2D eigenvalue weighted by molar-refractivity contribution is 5.88. The number of aryl methyl sites for hydroxylation is 1. The fourth-order valence-electron chi connectivity index (χ4n) is 2.14. The Kier molecular flexibility index (Phi) is 4.34. The van der Waals surface area contributed by atoms with Crippen molar-refractivity contribution in [2.45, 2.75) is 6.92 Å². The molecule has 4 nitrogen and oxygen atoms in total. The first-order chi connectivity index (χ1) is 11.2. The van der Waals surface area contributed by atoms with Gasteiger partial charge in [-0.2, -0.15) is 5.10 Å². The fraction of sp³-hybridized carbons (Fsp3) is 0.0526. The minimum atomic E-state index is -0.414. The SMILES string of the molecule is Cc1cccc(OC(=O)/C=C/c2cnn(-c3ccccc3)c2)c1. The number of rotatable bonds is 4. The van der Waals surface area contributed by atoms with Crippen LogP contribution in [0.4, 0.5) is 0 Å². The van der Waals surface area contributed by atoms with Crippen LogP contribution >= 0.6 is 0 Å². The van der Waals surface area contributed by atoms with Crippen LogP contribution in [0.1, 0.15) is 11.1 Å². The van der Waals surface area contributed by atoms with Gasteiger partial charge in [0.2, 0.25) is 0 Å². The Morgan fingerprint density at radius 2 is 1.96 bits per heavy atom. The van der Waals surface area contributed by atoms with Gasteiger partial charge in [0.1, 0.15) is 5.75 Å². The van der Waals surface area contributed by atoms with Gasteiger partial charge in [-0.05, 0) is 42.8 Å². The summed E-state index contributed by atoms with van der Waals surface area (Å²) in [7, 11) is 0. The summed E-state index contributed by atoms with van der Waals surface area (Å²) in [6.45, 7) is 1.95. The maximum absolute atomic E-state index is 11.8. The van der Waals surface area contributed by atoms with Gasteiger partial charge in [0.15, 0.2) is 0 Å². The van der Waals surface area contributed by atoms with Gasteiger partial charge in [-0.3, -0.25) is 0 Å². The van der Waals surface area contributed by atoms with Crippen LogP contribution in [0.3, 0.4) is 0 Å². The number of esters is 1. The zero-order valence-corrected chi connectivity index (χ0v) is 12.7. The van der Waals surface area contributed by atoms with Crippen molar-refractivity contribution >= 4 is 12.0 Å². The molecular weight excluding hydrogens is 288 g/mol. The molecule has 4 heteroatoms. The zero-order chi connectivity index (χ0) is 16.1. The lowest BCUT2D eigenvalue weighted by Crippen LogP contribution is -2.03. The molecule has 3 aromatic rings. The molecule has 0 amide bonds. The number of ether oxygens (including phenoxy) is 1. The molecule has 0 saturated carbocycles. The summed E-state index contributed by atoms with van der Waals surface area (Å²) in [6, 6.07) is 17.2. The summed E-state index contributed by atoms with van der Waals surface area (Å²) in [6.07, 6.45) is 6.63. The number of carbonyl (C=O) groups is 1. The van der Waals surface area contributed by atoms with Gasteiger partial charge in [0, 0.05) is 17.8 Å². The quantitative estimate of drug-likeness (QED) is 0.418. The molecule has 23 heavy (non-hydrogen) atoms. The van der Waals surface area contributed by atoms with E-state index in [4.69, 9.17) is 4.74 Å². The molecule has 1 aromatic heterocycles. The molecule has 2 aromatic carbocycles. The first-order valence-corrected chi connectivity index (χ1v) is 7.27. The number of hydrogen-bond acceptors (Lipinski definition) is 3. The van der Waals surface area contributed by atoms with Crippen molar-refractivity contribution in [1.29, 1.82) is 0 Å². The minimum absolute atomic E-state index is 0.414. The molecule has 0 aliphatic heterocycles. The predicted octanol–water partition coefficient (Wildman–Crippen LogP) is 3.80. The average molecular weight is 304 g/mol. The maximum Gasteiger partial charge on any atom is 0.336 e. The summed E-state index contributed by atoms with van der Waals surface area (Å²) < 4.78 is 7.01. The number of aromatic nitrogens is 2. The fourth-order valence-corrected chi connectivity index (χ4v) is 2.14. The van der Waals surface area contributed by atoms with E-state index in [0.717, 1.165) is 16.8 Å². The number of benzene rings is 2. The molecule has 3 rings (SSSR count). The topological polar surface area (TPSA) is 44.1 Å². The average Bonchev–Trinajstić information content (AvgIpc) is 3.03.